The number of carbonyl (C=O) groups is 2. The smallest absolute Gasteiger partial charge is 0.328 e. The molecule has 1 saturated heterocycles. The van der Waals surface area contributed by atoms with Crippen LogP contribution in [0.1, 0.15) is 19.8 Å². The van der Waals surface area contributed by atoms with E-state index in [1.54, 1.807) is 17.9 Å². The lowest BCUT2D eigenvalue weighted by molar-refractivity contribution is -0.149. The van der Waals surface area contributed by atoms with Gasteiger partial charge in [-0.3, -0.25) is 4.79 Å². The Morgan fingerprint density at radius 1 is 1.50 bits per heavy atom. The van der Waals surface area contributed by atoms with Gasteiger partial charge in [0.15, 0.2) is 0 Å². The van der Waals surface area contributed by atoms with Crippen molar-refractivity contribution in [2.75, 3.05) is 13.7 Å². The summed E-state index contributed by atoms with van der Waals surface area (Å²) in [4.78, 5) is 24.4. The number of carbonyl (C=O) groups excluding carboxylic acids is 2. The largest absolute Gasteiger partial charge is 0.467 e. The van der Waals surface area contributed by atoms with Crippen LogP contribution in [0, 0.1) is 0 Å². The predicted molar refractivity (Wildman–Crippen MR) is 51.6 cm³/mol. The number of esters is 1. The van der Waals surface area contributed by atoms with Crippen LogP contribution in [0.2, 0.25) is 0 Å². The lowest BCUT2D eigenvalue weighted by Crippen LogP contribution is -2.40. The van der Waals surface area contributed by atoms with Crippen molar-refractivity contribution in [3.63, 3.8) is 0 Å². The van der Waals surface area contributed by atoms with E-state index in [0.717, 1.165) is 6.42 Å². The Kier molecular flexibility index (Phi) is 3.68. The van der Waals surface area contributed by atoms with E-state index < -0.39 is 0 Å². The molecule has 1 aliphatic heterocycles. The minimum Gasteiger partial charge on any atom is -0.467 e. The van der Waals surface area contributed by atoms with Crippen molar-refractivity contribution in [1.82, 2.24) is 4.90 Å². The van der Waals surface area contributed by atoms with Gasteiger partial charge in [-0.2, -0.15) is 0 Å². The third-order valence-electron chi connectivity index (χ3n) is 2.32. The molecule has 1 atom stereocenters. The Morgan fingerprint density at radius 2 is 2.21 bits per heavy atom. The molecule has 0 aliphatic carbocycles. The molecule has 0 aromatic heterocycles. The summed E-state index contributed by atoms with van der Waals surface area (Å²) in [6.07, 6.45) is 4.72. The van der Waals surface area contributed by atoms with Gasteiger partial charge in [0.1, 0.15) is 6.04 Å². The Balaban J connectivity index is 2.68. The van der Waals surface area contributed by atoms with Crippen LogP contribution >= 0.6 is 0 Å². The van der Waals surface area contributed by atoms with E-state index in [0.29, 0.717) is 13.0 Å². The fourth-order valence-corrected chi connectivity index (χ4v) is 1.65. The summed E-state index contributed by atoms with van der Waals surface area (Å²) in [6, 6.07) is -0.385. The highest BCUT2D eigenvalue weighted by Gasteiger charge is 2.33. The maximum absolute atomic E-state index is 11.5. The van der Waals surface area contributed by atoms with Crippen LogP contribution in [0.25, 0.3) is 0 Å². The van der Waals surface area contributed by atoms with Crippen molar-refractivity contribution in [2.24, 2.45) is 0 Å². The minimum absolute atomic E-state index is 0.111. The summed E-state index contributed by atoms with van der Waals surface area (Å²) in [7, 11) is 1.35. The molecule has 1 amide bonds. The van der Waals surface area contributed by atoms with Gasteiger partial charge in [0.2, 0.25) is 5.91 Å². The zero-order valence-corrected chi connectivity index (χ0v) is 8.53. The van der Waals surface area contributed by atoms with Crippen molar-refractivity contribution >= 4 is 11.9 Å². The van der Waals surface area contributed by atoms with Crippen molar-refractivity contribution < 1.29 is 14.3 Å². The monoisotopic (exact) mass is 197 g/mol. The van der Waals surface area contributed by atoms with Gasteiger partial charge < -0.3 is 9.64 Å². The van der Waals surface area contributed by atoms with Crippen LogP contribution in [0.5, 0.6) is 0 Å². The first kappa shape index (κ1) is 10.8. The topological polar surface area (TPSA) is 46.6 Å². The van der Waals surface area contributed by atoms with Crippen LogP contribution in [0.15, 0.2) is 12.2 Å². The number of allylic oxidation sites excluding steroid dienone is 1. The Hall–Kier alpha value is -1.32. The van der Waals surface area contributed by atoms with Gasteiger partial charge in [-0.25, -0.2) is 4.79 Å². The van der Waals surface area contributed by atoms with Crippen molar-refractivity contribution in [3.05, 3.63) is 12.2 Å². The molecule has 0 N–H and O–H groups in total. The Bertz CT molecular complexity index is 260. The molecule has 0 saturated carbocycles. The number of methoxy groups -OCH3 is 1. The third kappa shape index (κ3) is 2.13. The van der Waals surface area contributed by atoms with E-state index in [9.17, 15) is 9.59 Å². The molecule has 14 heavy (non-hydrogen) atoms. The molecule has 0 bridgehead atoms. The number of amides is 1. The highest BCUT2D eigenvalue weighted by Crippen LogP contribution is 2.18. The molecule has 1 heterocycles. The molecule has 4 nitrogen and oxygen atoms in total. The number of hydrogen-bond acceptors (Lipinski definition) is 3. The average Bonchev–Trinajstić information content (AvgIpc) is 2.65. The Morgan fingerprint density at radius 3 is 2.79 bits per heavy atom. The predicted octanol–water partition coefficient (Wildman–Crippen LogP) is 0.726. The van der Waals surface area contributed by atoms with E-state index in [1.807, 2.05) is 0 Å². The van der Waals surface area contributed by atoms with Gasteiger partial charge in [0.25, 0.3) is 0 Å². The molecule has 4 heteroatoms. The summed E-state index contributed by atoms with van der Waals surface area (Å²) in [6.45, 7) is 2.42. The first-order chi connectivity index (χ1) is 6.70. The zero-order chi connectivity index (χ0) is 10.6. The molecular formula is C10H15NO3. The third-order valence-corrected chi connectivity index (χ3v) is 2.32. The average molecular weight is 197 g/mol. The molecule has 1 aliphatic rings. The molecule has 1 rings (SSSR count). The molecule has 78 valence electrons. The van der Waals surface area contributed by atoms with Gasteiger partial charge >= 0.3 is 5.97 Å². The number of rotatable bonds is 2. The van der Waals surface area contributed by atoms with Crippen molar-refractivity contribution in [1.29, 1.82) is 0 Å². The molecule has 1 fully saturated rings. The quantitative estimate of drug-likeness (QED) is 0.484. The van der Waals surface area contributed by atoms with Crippen molar-refractivity contribution in [3.8, 4) is 0 Å². The van der Waals surface area contributed by atoms with Gasteiger partial charge in [0.05, 0.1) is 7.11 Å². The second-order valence-corrected chi connectivity index (χ2v) is 3.21. The molecule has 0 unspecified atom stereocenters. The maximum Gasteiger partial charge on any atom is 0.328 e. The van der Waals surface area contributed by atoms with Gasteiger partial charge in [-0.05, 0) is 25.8 Å². The number of ether oxygens (including phenoxy) is 1. The summed E-state index contributed by atoms with van der Waals surface area (Å²) in [5, 5.41) is 0. The molecule has 0 spiro atoms. The number of likely N-dealkylation sites (tertiary alicyclic amines) is 1. The zero-order valence-electron chi connectivity index (χ0n) is 8.53. The van der Waals surface area contributed by atoms with Gasteiger partial charge in [-0.15, -0.1) is 0 Å². The number of hydrogen-bond donors (Lipinski definition) is 0. The number of nitrogens with zero attached hydrogens (tertiary/aromatic N) is 1. The summed E-state index contributed by atoms with van der Waals surface area (Å²) in [5.74, 6) is -0.430. The van der Waals surface area contributed by atoms with E-state index in [4.69, 9.17) is 0 Å². The van der Waals surface area contributed by atoms with E-state index in [1.165, 1.54) is 13.2 Å². The first-order valence-electron chi connectivity index (χ1n) is 4.71. The SMILES string of the molecule is C/C=C/C(=O)N1CCC[C@H]1C(=O)OC. The van der Waals surface area contributed by atoms with Crippen LogP contribution in [-0.2, 0) is 14.3 Å². The highest BCUT2D eigenvalue weighted by atomic mass is 16.5. The van der Waals surface area contributed by atoms with Crippen LogP contribution < -0.4 is 0 Å². The standard InChI is InChI=1S/C10H15NO3/c1-3-5-9(12)11-7-4-6-8(11)10(13)14-2/h3,5,8H,4,6-7H2,1-2H3/b5-3+/t8-/m0/s1. The van der Waals surface area contributed by atoms with Crippen LogP contribution in [-0.4, -0.2) is 36.5 Å². The second kappa shape index (κ2) is 4.79. The first-order valence-corrected chi connectivity index (χ1v) is 4.71. The fourth-order valence-electron chi connectivity index (χ4n) is 1.65. The van der Waals surface area contributed by atoms with Crippen LogP contribution in [0.3, 0.4) is 0 Å². The minimum atomic E-state index is -0.385. The van der Waals surface area contributed by atoms with Gasteiger partial charge in [-0.1, -0.05) is 6.08 Å². The van der Waals surface area contributed by atoms with Gasteiger partial charge in [0, 0.05) is 6.54 Å². The van der Waals surface area contributed by atoms with E-state index >= 15 is 0 Å². The molecule has 0 aromatic rings. The Labute approximate surface area is 83.5 Å². The lowest BCUT2D eigenvalue weighted by atomic mass is 10.2. The molecule has 0 aromatic carbocycles. The second-order valence-electron chi connectivity index (χ2n) is 3.21. The summed E-state index contributed by atoms with van der Waals surface area (Å²) in [5.41, 5.74) is 0. The van der Waals surface area contributed by atoms with E-state index in [-0.39, 0.29) is 17.9 Å². The molecule has 0 radical (unpaired) electrons. The molecular weight excluding hydrogens is 182 g/mol. The lowest BCUT2D eigenvalue weighted by Gasteiger charge is -2.20. The summed E-state index contributed by atoms with van der Waals surface area (Å²) >= 11 is 0. The highest BCUT2D eigenvalue weighted by molar-refractivity contribution is 5.91. The maximum atomic E-state index is 11.5. The van der Waals surface area contributed by atoms with E-state index in [2.05, 4.69) is 4.74 Å². The van der Waals surface area contributed by atoms with Crippen LogP contribution in [0.4, 0.5) is 0 Å². The normalized spacial score (nSPS) is 21.6. The van der Waals surface area contributed by atoms with Crippen molar-refractivity contribution in [2.45, 2.75) is 25.8 Å². The fraction of sp³-hybridized carbons (Fsp3) is 0.600. The summed E-state index contributed by atoms with van der Waals surface area (Å²) < 4.78 is 4.64.